The molecule has 0 amide bonds. The average Bonchev–Trinajstić information content (AvgIpc) is 2.95. The van der Waals surface area contributed by atoms with Crippen molar-refractivity contribution in [3.63, 3.8) is 0 Å². The van der Waals surface area contributed by atoms with Crippen LogP contribution >= 0.6 is 0 Å². The third-order valence-corrected chi connectivity index (χ3v) is 3.03. The zero-order valence-electron chi connectivity index (χ0n) is 10.3. The number of aliphatic carboxylic acids is 1. The molecular formula is C13H12N4O2. The van der Waals surface area contributed by atoms with Crippen molar-refractivity contribution in [1.82, 2.24) is 19.7 Å². The topological polar surface area (TPSA) is 83.8 Å². The lowest BCUT2D eigenvalue weighted by Crippen LogP contribution is -2.05. The van der Waals surface area contributed by atoms with Crippen LogP contribution in [0.15, 0.2) is 30.6 Å². The van der Waals surface area contributed by atoms with Gasteiger partial charge >= 0.3 is 5.97 Å². The van der Waals surface area contributed by atoms with Crippen molar-refractivity contribution in [3.8, 4) is 11.3 Å². The number of carboxylic acid groups (broad SMARTS) is 1. The molecule has 0 unspecified atom stereocenters. The van der Waals surface area contributed by atoms with Crippen molar-refractivity contribution in [1.29, 1.82) is 0 Å². The second kappa shape index (κ2) is 4.24. The van der Waals surface area contributed by atoms with E-state index in [0.717, 1.165) is 22.3 Å². The van der Waals surface area contributed by atoms with Gasteiger partial charge in [-0.1, -0.05) is 6.07 Å². The Labute approximate surface area is 108 Å². The van der Waals surface area contributed by atoms with Gasteiger partial charge in [-0.2, -0.15) is 5.10 Å². The van der Waals surface area contributed by atoms with Gasteiger partial charge in [0.25, 0.3) is 0 Å². The fourth-order valence-electron chi connectivity index (χ4n) is 2.06. The van der Waals surface area contributed by atoms with Crippen LogP contribution in [0.3, 0.4) is 0 Å². The predicted molar refractivity (Wildman–Crippen MR) is 69.6 cm³/mol. The number of aromatic amines is 1. The normalized spacial score (nSPS) is 11.0. The second-order valence-electron chi connectivity index (χ2n) is 4.35. The Morgan fingerprint density at radius 2 is 2.26 bits per heavy atom. The van der Waals surface area contributed by atoms with E-state index in [-0.39, 0.29) is 6.42 Å². The number of fused-ring (bicyclic) bond motifs is 1. The van der Waals surface area contributed by atoms with Crippen molar-refractivity contribution in [2.45, 2.75) is 6.42 Å². The number of hydrogen-bond donors (Lipinski definition) is 2. The molecule has 0 saturated carbocycles. The van der Waals surface area contributed by atoms with E-state index in [9.17, 15) is 4.79 Å². The average molecular weight is 256 g/mol. The number of nitrogens with zero attached hydrogens (tertiary/aromatic N) is 3. The summed E-state index contributed by atoms with van der Waals surface area (Å²) in [7, 11) is 1.75. The van der Waals surface area contributed by atoms with E-state index < -0.39 is 5.97 Å². The molecular weight excluding hydrogens is 244 g/mol. The van der Waals surface area contributed by atoms with Crippen molar-refractivity contribution in [2.24, 2.45) is 7.05 Å². The van der Waals surface area contributed by atoms with Gasteiger partial charge in [0.05, 0.1) is 29.5 Å². The second-order valence-corrected chi connectivity index (χ2v) is 4.35. The van der Waals surface area contributed by atoms with Crippen LogP contribution in [0.4, 0.5) is 0 Å². The first kappa shape index (κ1) is 11.5. The van der Waals surface area contributed by atoms with Crippen molar-refractivity contribution < 1.29 is 9.90 Å². The fraction of sp³-hybridized carbons (Fsp3) is 0.154. The number of imidazole rings is 1. The molecule has 0 spiro atoms. The molecule has 6 heteroatoms. The highest BCUT2D eigenvalue weighted by atomic mass is 16.4. The molecule has 19 heavy (non-hydrogen) atoms. The molecule has 0 fully saturated rings. The minimum absolute atomic E-state index is 0.0319. The quantitative estimate of drug-likeness (QED) is 0.745. The molecule has 1 aromatic carbocycles. The molecule has 0 atom stereocenters. The number of aryl methyl sites for hydroxylation is 1. The summed E-state index contributed by atoms with van der Waals surface area (Å²) < 4.78 is 1.60. The lowest BCUT2D eigenvalue weighted by molar-refractivity contribution is -0.136. The lowest BCUT2D eigenvalue weighted by atomic mass is 10.1. The minimum atomic E-state index is -0.862. The van der Waals surface area contributed by atoms with Crippen molar-refractivity contribution in [2.75, 3.05) is 0 Å². The summed E-state index contributed by atoms with van der Waals surface area (Å²) >= 11 is 0. The number of aromatic nitrogens is 4. The summed E-state index contributed by atoms with van der Waals surface area (Å²) in [5.41, 5.74) is 4.19. The Morgan fingerprint density at radius 3 is 3.05 bits per heavy atom. The third-order valence-electron chi connectivity index (χ3n) is 3.03. The maximum atomic E-state index is 10.8. The number of nitrogens with one attached hydrogen (secondary N) is 1. The highest BCUT2D eigenvalue weighted by Crippen LogP contribution is 2.22. The molecule has 0 bridgehead atoms. The van der Waals surface area contributed by atoms with Gasteiger partial charge < -0.3 is 10.1 Å². The predicted octanol–water partition coefficient (Wildman–Crippen LogP) is 1.59. The molecule has 0 saturated heterocycles. The highest BCUT2D eigenvalue weighted by molar-refractivity contribution is 5.80. The monoisotopic (exact) mass is 256 g/mol. The Balaban J connectivity index is 2.03. The van der Waals surface area contributed by atoms with E-state index in [1.807, 2.05) is 18.2 Å². The summed E-state index contributed by atoms with van der Waals surface area (Å²) in [5, 5.41) is 13.2. The number of carboxylic acids is 1. The van der Waals surface area contributed by atoms with Crippen LogP contribution in [-0.4, -0.2) is 30.8 Å². The lowest BCUT2D eigenvalue weighted by Gasteiger charge is -1.96. The van der Waals surface area contributed by atoms with Gasteiger partial charge in [-0.05, 0) is 18.2 Å². The van der Waals surface area contributed by atoms with Crippen LogP contribution < -0.4 is 0 Å². The van der Waals surface area contributed by atoms with E-state index in [0.29, 0.717) is 5.69 Å². The minimum Gasteiger partial charge on any atom is -0.481 e. The number of H-pyrrole nitrogens is 1. The molecule has 3 aromatic rings. The molecule has 0 aliphatic carbocycles. The Hall–Kier alpha value is -2.63. The van der Waals surface area contributed by atoms with Crippen LogP contribution in [0.2, 0.25) is 0 Å². The summed E-state index contributed by atoms with van der Waals surface area (Å²) in [4.78, 5) is 18.0. The van der Waals surface area contributed by atoms with Gasteiger partial charge in [-0.15, -0.1) is 0 Å². The first-order valence-electron chi connectivity index (χ1n) is 5.82. The van der Waals surface area contributed by atoms with Crippen LogP contribution in [0.25, 0.3) is 22.3 Å². The van der Waals surface area contributed by atoms with E-state index in [4.69, 9.17) is 5.11 Å². The number of rotatable bonds is 3. The number of benzene rings is 1. The van der Waals surface area contributed by atoms with Crippen LogP contribution in [0.1, 0.15) is 5.69 Å². The zero-order chi connectivity index (χ0) is 13.4. The van der Waals surface area contributed by atoms with Gasteiger partial charge in [0, 0.05) is 18.3 Å². The fourth-order valence-corrected chi connectivity index (χ4v) is 2.06. The largest absolute Gasteiger partial charge is 0.481 e. The summed E-state index contributed by atoms with van der Waals surface area (Å²) in [5.74, 6) is -0.862. The van der Waals surface area contributed by atoms with E-state index >= 15 is 0 Å². The van der Waals surface area contributed by atoms with E-state index in [2.05, 4.69) is 15.1 Å². The molecule has 96 valence electrons. The van der Waals surface area contributed by atoms with Gasteiger partial charge in [-0.25, -0.2) is 4.98 Å². The molecule has 3 rings (SSSR count). The van der Waals surface area contributed by atoms with Crippen LogP contribution in [-0.2, 0) is 18.3 Å². The highest BCUT2D eigenvalue weighted by Gasteiger charge is 2.10. The van der Waals surface area contributed by atoms with Gasteiger partial charge in [0.15, 0.2) is 0 Å². The summed E-state index contributed by atoms with van der Waals surface area (Å²) in [6, 6.07) is 7.59. The van der Waals surface area contributed by atoms with Crippen molar-refractivity contribution >= 4 is 17.0 Å². The Morgan fingerprint density at radius 1 is 1.42 bits per heavy atom. The Bertz CT molecular complexity index is 757. The smallest absolute Gasteiger partial charge is 0.309 e. The van der Waals surface area contributed by atoms with Crippen molar-refractivity contribution in [3.05, 3.63) is 36.3 Å². The third kappa shape index (κ3) is 2.08. The number of hydrogen-bond acceptors (Lipinski definition) is 3. The molecule has 0 radical (unpaired) electrons. The molecule has 2 heterocycles. The molecule has 0 aliphatic rings. The maximum absolute atomic E-state index is 10.8. The Kier molecular flexibility index (Phi) is 2.56. The van der Waals surface area contributed by atoms with Gasteiger partial charge in [0.2, 0.25) is 0 Å². The molecule has 2 aromatic heterocycles. The standard InChI is InChI=1S/C13H12N4O2/c1-17-9(6-13(18)19)5-11(16-17)8-2-3-10-12(4-8)15-7-14-10/h2-5,7H,6H2,1H3,(H,14,15)(H,18,19). The first-order chi connectivity index (χ1) is 9.13. The van der Waals surface area contributed by atoms with E-state index in [1.165, 1.54) is 0 Å². The molecule has 2 N–H and O–H groups in total. The van der Waals surface area contributed by atoms with Crippen LogP contribution in [0, 0.1) is 0 Å². The maximum Gasteiger partial charge on any atom is 0.309 e. The summed E-state index contributed by atoms with van der Waals surface area (Å²) in [6.45, 7) is 0. The van der Waals surface area contributed by atoms with E-state index in [1.54, 1.807) is 24.1 Å². The molecule has 0 aliphatic heterocycles. The van der Waals surface area contributed by atoms with Crippen LogP contribution in [0.5, 0.6) is 0 Å². The van der Waals surface area contributed by atoms with Gasteiger partial charge in [0.1, 0.15) is 0 Å². The summed E-state index contributed by atoms with van der Waals surface area (Å²) in [6.07, 6.45) is 1.61. The molecule has 6 nitrogen and oxygen atoms in total. The zero-order valence-corrected chi connectivity index (χ0v) is 10.3. The van der Waals surface area contributed by atoms with Gasteiger partial charge in [-0.3, -0.25) is 9.48 Å². The first-order valence-corrected chi connectivity index (χ1v) is 5.82. The number of carbonyl (C=O) groups is 1. The SMILES string of the molecule is Cn1nc(-c2ccc3nc[nH]c3c2)cc1CC(=O)O.